The molecule has 0 saturated heterocycles. The molecule has 1 unspecified atom stereocenters. The Kier molecular flexibility index (Phi) is 4.27. The molecule has 0 fully saturated rings. The first-order valence-electron chi connectivity index (χ1n) is 5.21. The molecule has 1 aromatic rings. The van der Waals surface area contributed by atoms with E-state index in [2.05, 4.69) is 15.2 Å². The topological polar surface area (TPSA) is 119 Å². The Balaban J connectivity index is 2.69. The lowest BCUT2D eigenvalue weighted by atomic mass is 10.3. The van der Waals surface area contributed by atoms with Gasteiger partial charge in [-0.2, -0.15) is 5.10 Å². The first-order chi connectivity index (χ1) is 8.38. The highest BCUT2D eigenvalue weighted by molar-refractivity contribution is 5.98. The fourth-order valence-electron chi connectivity index (χ4n) is 1.44. The monoisotopic (exact) mass is 256 g/mol. The number of hydrogen-bond acceptors (Lipinski definition) is 6. The molecule has 0 aliphatic carbocycles. The van der Waals surface area contributed by atoms with Crippen LogP contribution in [0.1, 0.15) is 16.2 Å². The van der Waals surface area contributed by atoms with Crippen molar-refractivity contribution >= 4 is 17.6 Å². The molecule has 0 radical (unpaired) electrons. The first-order valence-corrected chi connectivity index (χ1v) is 5.21. The molecule has 0 bridgehead atoms. The van der Waals surface area contributed by atoms with Crippen molar-refractivity contribution in [3.8, 4) is 0 Å². The van der Waals surface area contributed by atoms with Gasteiger partial charge in [0.15, 0.2) is 6.10 Å². The number of rotatable bonds is 4. The molecule has 0 aromatic carbocycles. The average Bonchev–Trinajstić information content (AvgIpc) is 2.59. The predicted octanol–water partition coefficient (Wildman–Crippen LogP) is -1.43. The van der Waals surface area contributed by atoms with Gasteiger partial charge in [-0.15, -0.1) is 0 Å². The van der Waals surface area contributed by atoms with Crippen molar-refractivity contribution in [2.75, 3.05) is 19.4 Å². The molecule has 1 atom stereocenters. The number of esters is 1. The number of nitrogens with one attached hydrogen (secondary N) is 1. The number of nitrogens with zero attached hydrogens (tertiary/aromatic N) is 2. The lowest BCUT2D eigenvalue weighted by Gasteiger charge is -2.10. The Hall–Kier alpha value is -2.09. The summed E-state index contributed by atoms with van der Waals surface area (Å²) in [6.07, 6.45) is -1.41. The van der Waals surface area contributed by atoms with Crippen LogP contribution in [0.2, 0.25) is 0 Å². The second-order valence-corrected chi connectivity index (χ2v) is 3.72. The highest BCUT2D eigenvalue weighted by atomic mass is 16.5. The number of methoxy groups -OCH3 is 1. The highest BCUT2D eigenvalue weighted by Gasteiger charge is 2.21. The summed E-state index contributed by atoms with van der Waals surface area (Å²) in [5.74, 6) is -1.33. The maximum Gasteiger partial charge on any atom is 0.336 e. The van der Waals surface area contributed by atoms with Gasteiger partial charge in [0, 0.05) is 7.05 Å². The molecule has 100 valence electrons. The van der Waals surface area contributed by atoms with Crippen LogP contribution in [0, 0.1) is 6.92 Å². The number of carbonyl (C=O) groups excluding carboxylic acids is 2. The van der Waals surface area contributed by atoms with Crippen LogP contribution in [0.25, 0.3) is 0 Å². The summed E-state index contributed by atoms with van der Waals surface area (Å²) in [5, 5.41) is 15.7. The third-order valence-electron chi connectivity index (χ3n) is 2.41. The van der Waals surface area contributed by atoms with Crippen molar-refractivity contribution in [2.24, 2.45) is 7.05 Å². The molecule has 1 rings (SSSR count). The number of carbonyl (C=O) groups is 2. The van der Waals surface area contributed by atoms with Gasteiger partial charge in [0.25, 0.3) is 5.91 Å². The van der Waals surface area contributed by atoms with Gasteiger partial charge in [0.05, 0.1) is 25.0 Å². The number of nitrogens with two attached hydrogens (primary N) is 1. The predicted molar refractivity (Wildman–Crippen MR) is 62.7 cm³/mol. The molecule has 0 saturated carbocycles. The van der Waals surface area contributed by atoms with Crippen molar-refractivity contribution in [1.29, 1.82) is 0 Å². The van der Waals surface area contributed by atoms with E-state index in [0.717, 1.165) is 7.11 Å². The largest absolute Gasteiger partial charge is 0.467 e. The second kappa shape index (κ2) is 5.50. The minimum Gasteiger partial charge on any atom is -0.467 e. The van der Waals surface area contributed by atoms with E-state index in [-0.39, 0.29) is 17.9 Å². The quantitative estimate of drug-likeness (QED) is 0.568. The standard InChI is InChI=1S/C10H16N4O4/c1-5-7(11)8(14(2)13-5)9(16)12-4-6(15)10(17)18-3/h6,15H,4,11H2,1-3H3,(H,12,16). The van der Waals surface area contributed by atoms with E-state index in [1.807, 2.05) is 0 Å². The molecular weight excluding hydrogens is 240 g/mol. The summed E-state index contributed by atoms with van der Waals surface area (Å²) in [7, 11) is 2.73. The number of amides is 1. The van der Waals surface area contributed by atoms with Crippen LogP contribution >= 0.6 is 0 Å². The third kappa shape index (κ3) is 2.77. The number of hydrogen-bond donors (Lipinski definition) is 3. The smallest absolute Gasteiger partial charge is 0.336 e. The summed E-state index contributed by atoms with van der Waals surface area (Å²) >= 11 is 0. The molecule has 4 N–H and O–H groups in total. The molecule has 1 aromatic heterocycles. The fourth-order valence-corrected chi connectivity index (χ4v) is 1.44. The number of aliphatic hydroxyl groups is 1. The Morgan fingerprint density at radius 2 is 2.22 bits per heavy atom. The SMILES string of the molecule is COC(=O)C(O)CNC(=O)c1c(N)c(C)nn1C. The number of aromatic nitrogens is 2. The van der Waals surface area contributed by atoms with Gasteiger partial charge in [-0.05, 0) is 6.92 Å². The first kappa shape index (κ1) is 14.0. The van der Waals surface area contributed by atoms with Crippen molar-refractivity contribution in [1.82, 2.24) is 15.1 Å². The summed E-state index contributed by atoms with van der Waals surface area (Å²) in [4.78, 5) is 22.7. The van der Waals surface area contributed by atoms with Crippen molar-refractivity contribution < 1.29 is 19.4 Å². The highest BCUT2D eigenvalue weighted by Crippen LogP contribution is 2.14. The van der Waals surface area contributed by atoms with E-state index in [9.17, 15) is 14.7 Å². The minimum absolute atomic E-state index is 0.185. The van der Waals surface area contributed by atoms with Gasteiger partial charge in [0.2, 0.25) is 0 Å². The van der Waals surface area contributed by atoms with Gasteiger partial charge in [-0.25, -0.2) is 4.79 Å². The zero-order chi connectivity index (χ0) is 13.9. The van der Waals surface area contributed by atoms with Crippen molar-refractivity contribution in [3.05, 3.63) is 11.4 Å². The minimum atomic E-state index is -1.41. The average molecular weight is 256 g/mol. The zero-order valence-corrected chi connectivity index (χ0v) is 10.4. The van der Waals surface area contributed by atoms with E-state index >= 15 is 0 Å². The fraction of sp³-hybridized carbons (Fsp3) is 0.500. The van der Waals surface area contributed by atoms with Crippen LogP contribution in [0.5, 0.6) is 0 Å². The van der Waals surface area contributed by atoms with Crippen molar-refractivity contribution in [3.63, 3.8) is 0 Å². The zero-order valence-electron chi connectivity index (χ0n) is 10.4. The van der Waals surface area contributed by atoms with Gasteiger partial charge < -0.3 is 20.9 Å². The van der Waals surface area contributed by atoms with E-state index in [1.165, 1.54) is 4.68 Å². The van der Waals surface area contributed by atoms with Crippen LogP contribution in [0.15, 0.2) is 0 Å². The lowest BCUT2D eigenvalue weighted by molar-refractivity contribution is -0.149. The van der Waals surface area contributed by atoms with E-state index < -0.39 is 18.0 Å². The van der Waals surface area contributed by atoms with E-state index in [4.69, 9.17) is 5.73 Å². The number of aliphatic hydroxyl groups excluding tert-OH is 1. The molecular formula is C10H16N4O4. The molecule has 8 nitrogen and oxygen atoms in total. The second-order valence-electron chi connectivity index (χ2n) is 3.72. The Bertz CT molecular complexity index is 469. The maximum atomic E-state index is 11.8. The van der Waals surface area contributed by atoms with Gasteiger partial charge in [-0.3, -0.25) is 9.48 Å². The molecule has 8 heteroatoms. The lowest BCUT2D eigenvalue weighted by Crippen LogP contribution is -2.38. The molecule has 1 heterocycles. The Morgan fingerprint density at radius 3 is 2.67 bits per heavy atom. The van der Waals surface area contributed by atoms with Gasteiger partial charge >= 0.3 is 5.97 Å². The summed E-state index contributed by atoms with van der Waals surface area (Å²) in [6.45, 7) is 1.42. The third-order valence-corrected chi connectivity index (χ3v) is 2.41. The molecule has 18 heavy (non-hydrogen) atoms. The number of ether oxygens (including phenoxy) is 1. The summed E-state index contributed by atoms with van der Waals surface area (Å²) in [6, 6.07) is 0. The number of nitrogen functional groups attached to an aromatic ring is 1. The molecule has 0 aliphatic heterocycles. The molecule has 1 amide bonds. The van der Waals surface area contributed by atoms with Crippen LogP contribution in [-0.2, 0) is 16.6 Å². The Morgan fingerprint density at radius 1 is 1.61 bits per heavy atom. The number of anilines is 1. The maximum absolute atomic E-state index is 11.8. The van der Waals surface area contributed by atoms with Crippen LogP contribution < -0.4 is 11.1 Å². The van der Waals surface area contributed by atoms with Crippen LogP contribution in [-0.4, -0.2) is 46.5 Å². The van der Waals surface area contributed by atoms with Crippen LogP contribution in [0.3, 0.4) is 0 Å². The van der Waals surface area contributed by atoms with E-state index in [1.54, 1.807) is 14.0 Å². The van der Waals surface area contributed by atoms with Crippen molar-refractivity contribution in [2.45, 2.75) is 13.0 Å². The molecule has 0 spiro atoms. The van der Waals surface area contributed by atoms with Gasteiger partial charge in [-0.1, -0.05) is 0 Å². The van der Waals surface area contributed by atoms with E-state index in [0.29, 0.717) is 5.69 Å². The summed E-state index contributed by atoms with van der Waals surface area (Å²) < 4.78 is 5.66. The van der Waals surface area contributed by atoms with Crippen LogP contribution in [0.4, 0.5) is 5.69 Å². The Labute approximate surface area is 104 Å². The summed E-state index contributed by atoms with van der Waals surface area (Å²) in [5.41, 5.74) is 6.69. The molecule has 0 aliphatic rings. The normalized spacial score (nSPS) is 12.0. The van der Waals surface area contributed by atoms with Gasteiger partial charge in [0.1, 0.15) is 5.69 Å². The number of aryl methyl sites for hydroxylation is 2.